The van der Waals surface area contributed by atoms with Crippen molar-refractivity contribution in [2.75, 3.05) is 66.6 Å². The summed E-state index contributed by atoms with van der Waals surface area (Å²) in [6.07, 6.45) is 26.4. The van der Waals surface area contributed by atoms with Crippen molar-refractivity contribution in [1.29, 1.82) is 0 Å². The number of oxazole rings is 1. The number of rotatable bonds is 30. The van der Waals surface area contributed by atoms with E-state index in [0.29, 0.717) is 127 Å². The van der Waals surface area contributed by atoms with Crippen molar-refractivity contribution >= 4 is 85.2 Å². The minimum atomic E-state index is -0.587. The van der Waals surface area contributed by atoms with Crippen molar-refractivity contribution in [1.82, 2.24) is 64.7 Å². The number of carbonyl (C=O) groups is 8. The Morgan fingerprint density at radius 1 is 0.547 bits per heavy atom. The number of ketones is 2. The molecule has 0 bridgehead atoms. The van der Waals surface area contributed by atoms with Crippen molar-refractivity contribution in [3.63, 3.8) is 0 Å². The first kappa shape index (κ1) is 98.4. The molecular weight excluding hydrogens is 1750 g/mol. The fourth-order valence-electron chi connectivity index (χ4n) is 18.6. The number of likely N-dealkylation sites (tertiary alicyclic amines) is 2. The van der Waals surface area contributed by atoms with E-state index in [-0.39, 0.29) is 76.0 Å². The number of imidazole rings is 1. The molecular formula is C112H120FN13O13. The summed E-state index contributed by atoms with van der Waals surface area (Å²) in [4.78, 5) is 124. The third-order valence-electron chi connectivity index (χ3n) is 26.4. The Hall–Kier alpha value is -15.2. The van der Waals surface area contributed by atoms with Gasteiger partial charge in [0.15, 0.2) is 23.3 Å². The molecule has 718 valence electrons. The van der Waals surface area contributed by atoms with Crippen LogP contribution in [0.2, 0.25) is 0 Å². The lowest BCUT2D eigenvalue weighted by Crippen LogP contribution is -2.44. The minimum Gasteiger partial charge on any atom is -0.497 e. The SMILES string of the molecule is COc1ccc(C2=CCN(C(=O)CCCn3c(=O)oc4ccccc43)CC2)cc1.COc1ccc2cc(C(=O)[C@@H]3CCCN(C(=O)CCc4cn[nH]c4)C3)ccc2c1.C[C@H](Oc1ccc(F)cc1)C(=O)N1CCc2ccccc2C1.O=C(CC[C@@]1(Cc2ccc(-c3ccccc3)cc2)CCC(=O)N1)NCCCn1ccnc1.O=C(c1ccc2ccccc2c1)[C@@H]1CCCN(C(=O)CCc2cn[nH]c2)C1. The Bertz CT molecular complexity index is 6570. The number of H-pyrrole nitrogens is 2. The molecule has 4 aromatic heterocycles. The number of hydrogen-bond acceptors (Lipinski definition) is 16. The largest absolute Gasteiger partial charge is 0.497 e. The molecule has 5 aliphatic rings. The van der Waals surface area contributed by atoms with Gasteiger partial charge in [-0.1, -0.05) is 164 Å². The van der Waals surface area contributed by atoms with Crippen LogP contribution in [0, 0.1) is 17.7 Å². The van der Waals surface area contributed by atoms with Gasteiger partial charge in [0, 0.05) is 157 Å². The van der Waals surface area contributed by atoms with Crippen molar-refractivity contribution in [3.8, 4) is 28.4 Å². The molecule has 139 heavy (non-hydrogen) atoms. The molecule has 27 heteroatoms. The van der Waals surface area contributed by atoms with Crippen LogP contribution in [0.25, 0.3) is 49.3 Å². The Labute approximate surface area is 808 Å². The van der Waals surface area contributed by atoms with Gasteiger partial charge >= 0.3 is 5.76 Å². The molecule has 0 unspecified atom stereocenters. The quantitative estimate of drug-likeness (QED) is 0.0240. The number of methoxy groups -OCH3 is 2. The number of benzene rings is 10. The molecule has 3 saturated heterocycles. The van der Waals surface area contributed by atoms with Crippen molar-refractivity contribution in [2.24, 2.45) is 11.8 Å². The number of halogens is 1. The molecule has 0 aliphatic carbocycles. The molecule has 0 saturated carbocycles. The molecule has 14 aromatic rings. The van der Waals surface area contributed by atoms with Gasteiger partial charge in [-0.05, 0) is 235 Å². The van der Waals surface area contributed by atoms with Gasteiger partial charge in [0.05, 0.1) is 38.5 Å². The topological polar surface area (TPSA) is 312 Å². The maximum absolute atomic E-state index is 13.1. The molecule has 19 rings (SSSR count). The number of ether oxygens (including phenoxy) is 3. The third kappa shape index (κ3) is 27.4. The number of nitrogens with one attached hydrogen (secondary N) is 4. The van der Waals surface area contributed by atoms with Gasteiger partial charge in [-0.25, -0.2) is 14.2 Å². The summed E-state index contributed by atoms with van der Waals surface area (Å²) in [5, 5.41) is 23.8. The summed E-state index contributed by atoms with van der Waals surface area (Å²) in [6.45, 7) is 8.82. The zero-order valence-electron chi connectivity index (χ0n) is 79.0. The number of aromatic nitrogens is 7. The van der Waals surface area contributed by atoms with E-state index in [0.717, 1.165) is 133 Å². The number of fused-ring (bicyclic) bond motifs is 4. The van der Waals surface area contributed by atoms with E-state index in [4.69, 9.17) is 18.6 Å². The maximum Gasteiger partial charge on any atom is 0.419 e. The van der Waals surface area contributed by atoms with Crippen molar-refractivity contribution in [3.05, 3.63) is 341 Å². The summed E-state index contributed by atoms with van der Waals surface area (Å²) in [7, 11) is 3.30. The third-order valence-corrected chi connectivity index (χ3v) is 26.4. The van der Waals surface area contributed by atoms with E-state index in [2.05, 4.69) is 103 Å². The second kappa shape index (κ2) is 48.5. The number of hydrogen-bond donors (Lipinski definition) is 4. The summed E-state index contributed by atoms with van der Waals surface area (Å²) in [5.41, 5.74) is 13.0. The maximum atomic E-state index is 13.1. The van der Waals surface area contributed by atoms with Gasteiger partial charge in [-0.15, -0.1) is 0 Å². The number of nitrogens with zero attached hydrogens (tertiary/aromatic N) is 9. The fourth-order valence-corrected chi connectivity index (χ4v) is 18.6. The number of aryl methyl sites for hydroxylation is 4. The standard InChI is InChI=1S/C26H30N4O2.C23H25N3O3.C23H24N2O4.C22H23N3O2.C18H18FNO2/c31-24(28-15-4-17-30-18-16-27-20-30)11-13-26(14-12-25(32)29-26)19-21-7-9-23(10-8-21)22-5-2-1-3-6-22;1-29-21-8-7-17-11-19(6-5-18(17)12-21)23(28)20-3-2-10-26(15-20)22(27)9-4-16-13-24-25-14-16;1-28-19-10-8-17(9-11-19)18-12-15-24(16-13-18)22(26)7-4-14-25-20-5-2-3-6-21(20)29-23(25)27;26-21(10-7-16-13-23-24-14-16)25-11-3-6-20(15-25)22(27)19-9-8-17-4-1-2-5-18(17)12-19;1-13(22-17-8-6-16(19)7-9-17)18(21)20-11-10-14-4-2-3-5-15(14)12-20/h1-3,5-10,16,18,20H,4,11-15,17,19H2,(H,28,31)(H,29,32);5-8,11-14,20H,2-4,9-10,15H2,1H3,(H,24,25);2-3,5-6,8-12H,4,7,13-16H2,1H3;1-2,4-5,8-9,12-14,20H,3,6-7,10-11,15H2,(H,23,24);2-9,13H,10-12H2,1H3/t26-;20-;;20-;13-/m01.10/s1. The zero-order chi connectivity index (χ0) is 96.8. The lowest BCUT2D eigenvalue weighted by molar-refractivity contribution is -0.139. The van der Waals surface area contributed by atoms with E-state index >= 15 is 0 Å². The molecule has 26 nitrogen and oxygen atoms in total. The lowest BCUT2D eigenvalue weighted by Gasteiger charge is -2.32. The second-order valence-electron chi connectivity index (χ2n) is 36.0. The number of piperidine rings is 2. The number of para-hydroxylation sites is 2. The lowest BCUT2D eigenvalue weighted by atomic mass is 9.84. The average Bonchev–Trinajstić information content (AvgIpc) is 1.73. The summed E-state index contributed by atoms with van der Waals surface area (Å²) >= 11 is 0. The number of aromatic amines is 2. The van der Waals surface area contributed by atoms with Crippen LogP contribution in [-0.4, -0.2) is 179 Å². The van der Waals surface area contributed by atoms with Crippen LogP contribution in [0.3, 0.4) is 0 Å². The highest BCUT2D eigenvalue weighted by molar-refractivity contribution is 6.03. The van der Waals surface area contributed by atoms with Gasteiger partial charge in [0.2, 0.25) is 29.5 Å². The molecule has 0 radical (unpaired) electrons. The Morgan fingerprint density at radius 2 is 1.13 bits per heavy atom. The van der Waals surface area contributed by atoms with Gasteiger partial charge in [-0.3, -0.25) is 53.1 Å². The van der Waals surface area contributed by atoms with Crippen LogP contribution in [0.15, 0.2) is 289 Å². The molecule has 5 aliphatic heterocycles. The first-order valence-electron chi connectivity index (χ1n) is 48.1. The van der Waals surface area contributed by atoms with E-state index < -0.39 is 6.10 Å². The van der Waals surface area contributed by atoms with Crippen LogP contribution < -0.4 is 30.6 Å². The first-order valence-corrected chi connectivity index (χ1v) is 48.1. The van der Waals surface area contributed by atoms with Crippen molar-refractivity contribution < 1.29 is 61.4 Å². The summed E-state index contributed by atoms with van der Waals surface area (Å²) in [5.74, 6) is 1.87. The average molecular weight is 1880 g/mol. The Kier molecular flexibility index (Phi) is 34.3. The molecule has 0 spiro atoms. The normalized spacial score (nSPS) is 16.3. The molecule has 3 fully saturated rings. The van der Waals surface area contributed by atoms with E-state index in [1.807, 2.05) is 182 Å². The van der Waals surface area contributed by atoms with E-state index in [1.165, 1.54) is 63.2 Å². The number of amides is 6. The highest BCUT2D eigenvalue weighted by Gasteiger charge is 2.39. The van der Waals surface area contributed by atoms with Crippen LogP contribution in [0.5, 0.6) is 17.2 Å². The molecule has 4 atom stereocenters. The second-order valence-corrected chi connectivity index (χ2v) is 36.0. The number of Topliss-reactive ketones (excluding diaryl/α,β-unsaturated/α-hetero) is 2. The summed E-state index contributed by atoms with van der Waals surface area (Å²) in [6, 6.07) is 73.6. The predicted molar refractivity (Wildman–Crippen MR) is 534 cm³/mol. The fraction of sp³-hybridized carbons (Fsp3) is 0.321. The van der Waals surface area contributed by atoms with E-state index in [9.17, 15) is 47.5 Å². The highest BCUT2D eigenvalue weighted by atomic mass is 19.1. The van der Waals surface area contributed by atoms with E-state index in [1.54, 1.807) is 56.7 Å². The van der Waals surface area contributed by atoms with Gasteiger partial charge in [0.25, 0.3) is 5.91 Å². The zero-order valence-corrected chi connectivity index (χ0v) is 79.0. The van der Waals surface area contributed by atoms with Crippen LogP contribution >= 0.6 is 0 Å². The number of carbonyl (C=O) groups excluding carboxylic acids is 8. The molecule has 6 amide bonds. The van der Waals surface area contributed by atoms with Gasteiger partial charge in [0.1, 0.15) is 23.1 Å². The Morgan fingerprint density at radius 3 is 1.76 bits per heavy atom. The van der Waals surface area contributed by atoms with Gasteiger partial charge < -0.3 is 53.4 Å². The van der Waals surface area contributed by atoms with Crippen molar-refractivity contribution in [2.45, 2.75) is 154 Å². The Balaban J connectivity index is 0.000000132. The monoisotopic (exact) mass is 1870 g/mol. The summed E-state index contributed by atoms with van der Waals surface area (Å²) < 4.78 is 37.8. The highest BCUT2D eigenvalue weighted by Crippen LogP contribution is 2.34. The minimum absolute atomic E-state index is 0.0376. The molecule has 10 aromatic carbocycles. The molecule has 4 N–H and O–H groups in total. The predicted octanol–water partition coefficient (Wildman–Crippen LogP) is 17.8. The van der Waals surface area contributed by atoms with Gasteiger partial charge in [-0.2, -0.15) is 10.2 Å². The first-order chi connectivity index (χ1) is 67.7. The smallest absolute Gasteiger partial charge is 0.419 e. The van der Waals surface area contributed by atoms with Crippen LogP contribution in [0.1, 0.15) is 151 Å². The van der Waals surface area contributed by atoms with Crippen LogP contribution in [0.4, 0.5) is 4.39 Å². The van der Waals surface area contributed by atoms with Crippen LogP contribution in [-0.2, 0) is 74.1 Å². The molecule has 9 heterocycles.